The molecule has 4 heteroatoms. The lowest BCUT2D eigenvalue weighted by molar-refractivity contribution is -0.115. The molecule has 0 saturated heterocycles. The summed E-state index contributed by atoms with van der Waals surface area (Å²) in [7, 11) is 0. The summed E-state index contributed by atoms with van der Waals surface area (Å²) >= 11 is 0. The van der Waals surface area contributed by atoms with E-state index in [1.807, 2.05) is 30.3 Å². The minimum Gasteiger partial charge on any atom is -0.326 e. The fraction of sp³-hybridized carbons (Fsp3) is 0.0714. The van der Waals surface area contributed by atoms with Gasteiger partial charge in [0.05, 0.1) is 6.42 Å². The van der Waals surface area contributed by atoms with Gasteiger partial charge in [0.2, 0.25) is 5.91 Å². The van der Waals surface area contributed by atoms with E-state index in [0.717, 1.165) is 23.8 Å². The van der Waals surface area contributed by atoms with Crippen LogP contribution in [0.15, 0.2) is 48.5 Å². The third-order valence-corrected chi connectivity index (χ3v) is 2.35. The van der Waals surface area contributed by atoms with Crippen molar-refractivity contribution in [2.24, 2.45) is 0 Å². The molecule has 2 rings (SSSR count). The second kappa shape index (κ2) is 5.40. The summed E-state index contributed by atoms with van der Waals surface area (Å²) in [6.45, 7) is 0. The van der Waals surface area contributed by atoms with Gasteiger partial charge in [0.1, 0.15) is 11.6 Å². The van der Waals surface area contributed by atoms with Gasteiger partial charge in [-0.1, -0.05) is 30.3 Å². The Hall–Kier alpha value is -2.23. The number of hydrogen-bond donors (Lipinski definition) is 1. The zero-order valence-electron chi connectivity index (χ0n) is 9.49. The van der Waals surface area contributed by atoms with E-state index in [9.17, 15) is 13.6 Å². The third kappa shape index (κ3) is 3.38. The van der Waals surface area contributed by atoms with Crippen LogP contribution in [0.25, 0.3) is 0 Å². The molecule has 0 heterocycles. The van der Waals surface area contributed by atoms with Crippen LogP contribution < -0.4 is 5.32 Å². The molecule has 2 aromatic carbocycles. The van der Waals surface area contributed by atoms with E-state index in [0.29, 0.717) is 0 Å². The van der Waals surface area contributed by atoms with Crippen LogP contribution in [0.2, 0.25) is 0 Å². The number of nitrogens with one attached hydrogen (secondary N) is 1. The average Bonchev–Trinajstić information content (AvgIpc) is 2.28. The van der Waals surface area contributed by atoms with Crippen LogP contribution in [0, 0.1) is 11.6 Å². The molecule has 18 heavy (non-hydrogen) atoms. The predicted molar refractivity (Wildman–Crippen MR) is 65.1 cm³/mol. The van der Waals surface area contributed by atoms with Gasteiger partial charge in [-0.2, -0.15) is 0 Å². The van der Waals surface area contributed by atoms with Crippen molar-refractivity contribution in [1.82, 2.24) is 0 Å². The standard InChI is InChI=1S/C14H11F2NO/c15-11-7-12(16)9-13(8-11)17-14(18)6-10-4-2-1-3-5-10/h1-5,7-9H,6H2,(H,17,18). The first kappa shape index (κ1) is 12.2. The molecule has 0 unspecified atom stereocenters. The van der Waals surface area contributed by atoms with Crippen LogP contribution in [0.5, 0.6) is 0 Å². The van der Waals surface area contributed by atoms with Crippen LogP contribution in [-0.2, 0) is 11.2 Å². The average molecular weight is 247 g/mol. The number of hydrogen-bond acceptors (Lipinski definition) is 1. The summed E-state index contributed by atoms with van der Waals surface area (Å²) in [6.07, 6.45) is 0.166. The summed E-state index contributed by atoms with van der Waals surface area (Å²) in [5.41, 5.74) is 0.959. The minimum absolute atomic E-state index is 0.119. The van der Waals surface area contributed by atoms with Gasteiger partial charge < -0.3 is 5.32 Å². The van der Waals surface area contributed by atoms with E-state index in [2.05, 4.69) is 5.32 Å². The van der Waals surface area contributed by atoms with Crippen molar-refractivity contribution in [3.05, 3.63) is 65.7 Å². The molecule has 0 bridgehead atoms. The lowest BCUT2D eigenvalue weighted by Gasteiger charge is -2.05. The highest BCUT2D eigenvalue weighted by atomic mass is 19.1. The highest BCUT2D eigenvalue weighted by Gasteiger charge is 2.06. The van der Waals surface area contributed by atoms with E-state index in [1.165, 1.54) is 0 Å². The molecular formula is C14H11F2NO. The summed E-state index contributed by atoms with van der Waals surface area (Å²) in [5.74, 6) is -1.75. The maximum Gasteiger partial charge on any atom is 0.228 e. The number of anilines is 1. The highest BCUT2D eigenvalue weighted by Crippen LogP contribution is 2.13. The number of halogens is 2. The Morgan fingerprint density at radius 2 is 1.61 bits per heavy atom. The summed E-state index contributed by atoms with van der Waals surface area (Å²) in [5, 5.41) is 2.45. The van der Waals surface area contributed by atoms with Gasteiger partial charge in [0.25, 0.3) is 0 Å². The molecule has 0 aromatic heterocycles. The van der Waals surface area contributed by atoms with Gasteiger partial charge in [0.15, 0.2) is 0 Å². The van der Waals surface area contributed by atoms with Crippen molar-refractivity contribution in [1.29, 1.82) is 0 Å². The molecule has 1 N–H and O–H groups in total. The molecule has 92 valence electrons. The maximum absolute atomic E-state index is 12.9. The van der Waals surface area contributed by atoms with Crippen LogP contribution in [0.3, 0.4) is 0 Å². The first-order chi connectivity index (χ1) is 8.63. The lowest BCUT2D eigenvalue weighted by atomic mass is 10.1. The fourth-order valence-electron chi connectivity index (χ4n) is 1.61. The second-order valence-electron chi connectivity index (χ2n) is 3.87. The number of rotatable bonds is 3. The molecule has 2 aromatic rings. The normalized spacial score (nSPS) is 10.1. The van der Waals surface area contributed by atoms with Gasteiger partial charge >= 0.3 is 0 Å². The molecule has 0 aliphatic heterocycles. The van der Waals surface area contributed by atoms with Gasteiger partial charge in [-0.15, -0.1) is 0 Å². The Labute approximate surface area is 103 Å². The predicted octanol–water partition coefficient (Wildman–Crippen LogP) is 3.15. The molecule has 0 aliphatic rings. The highest BCUT2D eigenvalue weighted by molar-refractivity contribution is 5.92. The minimum atomic E-state index is -0.718. The van der Waals surface area contributed by atoms with E-state index < -0.39 is 11.6 Å². The van der Waals surface area contributed by atoms with Crippen LogP contribution in [0.1, 0.15) is 5.56 Å². The van der Waals surface area contributed by atoms with Crippen molar-refractivity contribution in [2.45, 2.75) is 6.42 Å². The first-order valence-electron chi connectivity index (χ1n) is 5.43. The van der Waals surface area contributed by atoms with Crippen molar-refractivity contribution in [3.8, 4) is 0 Å². The number of carbonyl (C=O) groups excluding carboxylic acids is 1. The zero-order valence-corrected chi connectivity index (χ0v) is 9.49. The molecule has 0 fully saturated rings. The quantitative estimate of drug-likeness (QED) is 0.886. The van der Waals surface area contributed by atoms with Crippen molar-refractivity contribution < 1.29 is 13.6 Å². The van der Waals surface area contributed by atoms with Crippen molar-refractivity contribution in [2.75, 3.05) is 5.32 Å². The largest absolute Gasteiger partial charge is 0.326 e. The Kier molecular flexibility index (Phi) is 3.67. The molecule has 0 atom stereocenters. The lowest BCUT2D eigenvalue weighted by Crippen LogP contribution is -2.14. The Balaban J connectivity index is 2.03. The Morgan fingerprint density at radius 3 is 2.22 bits per heavy atom. The van der Waals surface area contributed by atoms with Gasteiger partial charge in [-0.3, -0.25) is 4.79 Å². The van der Waals surface area contributed by atoms with E-state index in [4.69, 9.17) is 0 Å². The van der Waals surface area contributed by atoms with Crippen molar-refractivity contribution >= 4 is 11.6 Å². The molecule has 0 radical (unpaired) electrons. The third-order valence-electron chi connectivity index (χ3n) is 2.35. The van der Waals surface area contributed by atoms with Gasteiger partial charge in [0, 0.05) is 11.8 Å². The zero-order chi connectivity index (χ0) is 13.0. The number of amides is 1. The Morgan fingerprint density at radius 1 is 1.00 bits per heavy atom. The molecule has 0 spiro atoms. The molecule has 0 aliphatic carbocycles. The summed E-state index contributed by atoms with van der Waals surface area (Å²) < 4.78 is 25.8. The number of benzene rings is 2. The number of carbonyl (C=O) groups is 1. The molecule has 2 nitrogen and oxygen atoms in total. The fourth-order valence-corrected chi connectivity index (χ4v) is 1.61. The molecule has 0 saturated carbocycles. The van der Waals surface area contributed by atoms with E-state index in [1.54, 1.807) is 0 Å². The van der Waals surface area contributed by atoms with Crippen molar-refractivity contribution in [3.63, 3.8) is 0 Å². The van der Waals surface area contributed by atoms with E-state index >= 15 is 0 Å². The topological polar surface area (TPSA) is 29.1 Å². The Bertz CT molecular complexity index is 535. The van der Waals surface area contributed by atoms with Crippen LogP contribution >= 0.6 is 0 Å². The molecular weight excluding hydrogens is 236 g/mol. The maximum atomic E-state index is 12.9. The smallest absolute Gasteiger partial charge is 0.228 e. The summed E-state index contributed by atoms with van der Waals surface area (Å²) in [4.78, 5) is 11.6. The SMILES string of the molecule is O=C(Cc1ccccc1)Nc1cc(F)cc(F)c1. The van der Waals surface area contributed by atoms with Gasteiger partial charge in [-0.25, -0.2) is 8.78 Å². The van der Waals surface area contributed by atoms with E-state index in [-0.39, 0.29) is 18.0 Å². The van der Waals surface area contributed by atoms with Gasteiger partial charge in [-0.05, 0) is 17.7 Å². The first-order valence-corrected chi connectivity index (χ1v) is 5.43. The molecule has 1 amide bonds. The summed E-state index contributed by atoms with van der Waals surface area (Å²) in [6, 6.07) is 12.0. The van der Waals surface area contributed by atoms with Crippen LogP contribution in [0.4, 0.5) is 14.5 Å². The monoisotopic (exact) mass is 247 g/mol. The second-order valence-corrected chi connectivity index (χ2v) is 3.87. The van der Waals surface area contributed by atoms with Crippen LogP contribution in [-0.4, -0.2) is 5.91 Å².